The summed E-state index contributed by atoms with van der Waals surface area (Å²) in [5.41, 5.74) is 2.50. The molecule has 0 saturated heterocycles. The van der Waals surface area contributed by atoms with Crippen LogP contribution in [0.3, 0.4) is 0 Å². The SMILES string of the molecule is CC/N=C/c1ccccc1C. The quantitative estimate of drug-likeness (QED) is 0.570. The number of aryl methyl sites for hydroxylation is 1. The summed E-state index contributed by atoms with van der Waals surface area (Å²) in [6.07, 6.45) is 1.93. The lowest BCUT2D eigenvalue weighted by atomic mass is 10.1. The second kappa shape index (κ2) is 3.91. The molecular formula is C10H13N. The van der Waals surface area contributed by atoms with Gasteiger partial charge in [0.15, 0.2) is 0 Å². The monoisotopic (exact) mass is 147 g/mol. The zero-order chi connectivity index (χ0) is 8.10. The summed E-state index contributed by atoms with van der Waals surface area (Å²) in [5.74, 6) is 0. The summed E-state index contributed by atoms with van der Waals surface area (Å²) in [6.45, 7) is 4.99. The maximum absolute atomic E-state index is 4.18. The van der Waals surface area contributed by atoms with E-state index in [-0.39, 0.29) is 0 Å². The highest BCUT2D eigenvalue weighted by Crippen LogP contribution is 2.03. The van der Waals surface area contributed by atoms with Gasteiger partial charge < -0.3 is 0 Å². The first kappa shape index (κ1) is 7.99. The summed E-state index contributed by atoms with van der Waals surface area (Å²) in [6, 6.07) is 8.24. The van der Waals surface area contributed by atoms with E-state index in [1.165, 1.54) is 11.1 Å². The highest BCUT2D eigenvalue weighted by Gasteiger charge is 1.89. The first-order chi connectivity index (χ1) is 5.34. The zero-order valence-corrected chi connectivity index (χ0v) is 7.04. The largest absolute Gasteiger partial charge is 0.293 e. The zero-order valence-electron chi connectivity index (χ0n) is 7.04. The molecule has 1 nitrogen and oxygen atoms in total. The minimum atomic E-state index is 0.855. The van der Waals surface area contributed by atoms with Gasteiger partial charge in [-0.25, -0.2) is 0 Å². The minimum Gasteiger partial charge on any atom is -0.293 e. The highest BCUT2D eigenvalue weighted by molar-refractivity contribution is 5.81. The Hall–Kier alpha value is -1.11. The van der Waals surface area contributed by atoms with Crippen molar-refractivity contribution >= 4 is 6.21 Å². The molecule has 0 radical (unpaired) electrons. The van der Waals surface area contributed by atoms with Gasteiger partial charge in [0.1, 0.15) is 0 Å². The number of rotatable bonds is 2. The number of hydrogen-bond donors (Lipinski definition) is 0. The Balaban J connectivity index is 2.86. The summed E-state index contributed by atoms with van der Waals surface area (Å²) < 4.78 is 0. The molecule has 0 aliphatic rings. The molecular weight excluding hydrogens is 134 g/mol. The fraction of sp³-hybridized carbons (Fsp3) is 0.300. The van der Waals surface area contributed by atoms with Crippen molar-refractivity contribution in [2.24, 2.45) is 4.99 Å². The first-order valence-corrected chi connectivity index (χ1v) is 3.90. The van der Waals surface area contributed by atoms with Gasteiger partial charge in [0.05, 0.1) is 0 Å². The molecule has 0 fully saturated rings. The number of nitrogens with zero attached hydrogens (tertiary/aromatic N) is 1. The molecule has 1 heteroatoms. The van der Waals surface area contributed by atoms with Gasteiger partial charge in [-0.05, 0) is 25.0 Å². The first-order valence-electron chi connectivity index (χ1n) is 3.90. The minimum absolute atomic E-state index is 0.855. The second-order valence-electron chi connectivity index (χ2n) is 2.48. The van der Waals surface area contributed by atoms with Crippen molar-refractivity contribution in [3.8, 4) is 0 Å². The molecule has 0 aliphatic carbocycles. The van der Waals surface area contributed by atoms with Gasteiger partial charge >= 0.3 is 0 Å². The Bertz CT molecular complexity index is 251. The molecule has 0 aromatic heterocycles. The lowest BCUT2D eigenvalue weighted by molar-refractivity contribution is 1.14. The van der Waals surface area contributed by atoms with Crippen LogP contribution < -0.4 is 0 Å². The Morgan fingerprint density at radius 3 is 2.73 bits per heavy atom. The average Bonchev–Trinajstić information content (AvgIpc) is 2.03. The van der Waals surface area contributed by atoms with Crippen molar-refractivity contribution in [2.45, 2.75) is 13.8 Å². The molecule has 0 aliphatic heterocycles. The van der Waals surface area contributed by atoms with Gasteiger partial charge in [-0.2, -0.15) is 0 Å². The summed E-state index contributed by atoms with van der Waals surface area (Å²) in [7, 11) is 0. The van der Waals surface area contributed by atoms with E-state index in [2.05, 4.69) is 24.0 Å². The lowest BCUT2D eigenvalue weighted by Crippen LogP contribution is -1.85. The number of benzene rings is 1. The molecule has 0 spiro atoms. The molecule has 0 unspecified atom stereocenters. The van der Waals surface area contributed by atoms with Crippen molar-refractivity contribution in [3.05, 3.63) is 35.4 Å². The summed E-state index contributed by atoms with van der Waals surface area (Å²) in [4.78, 5) is 4.18. The Labute approximate surface area is 67.8 Å². The van der Waals surface area contributed by atoms with Gasteiger partial charge in [0.25, 0.3) is 0 Å². The van der Waals surface area contributed by atoms with Crippen LogP contribution in [-0.2, 0) is 0 Å². The average molecular weight is 147 g/mol. The number of hydrogen-bond acceptors (Lipinski definition) is 1. The molecule has 0 atom stereocenters. The van der Waals surface area contributed by atoms with Crippen molar-refractivity contribution in [3.63, 3.8) is 0 Å². The van der Waals surface area contributed by atoms with Gasteiger partial charge in [0, 0.05) is 12.8 Å². The predicted octanol–water partition coefficient (Wildman–Crippen LogP) is 2.43. The van der Waals surface area contributed by atoms with Crippen molar-refractivity contribution in [1.82, 2.24) is 0 Å². The van der Waals surface area contributed by atoms with Crippen LogP contribution in [0.2, 0.25) is 0 Å². The maximum Gasteiger partial charge on any atom is 0.0361 e. The molecule has 0 amide bonds. The van der Waals surface area contributed by atoms with Crippen LogP contribution in [0.25, 0.3) is 0 Å². The third-order valence-corrected chi connectivity index (χ3v) is 1.60. The highest BCUT2D eigenvalue weighted by atomic mass is 14.7. The fourth-order valence-corrected chi connectivity index (χ4v) is 0.921. The molecule has 0 heterocycles. The van der Waals surface area contributed by atoms with Crippen LogP contribution in [0.4, 0.5) is 0 Å². The topological polar surface area (TPSA) is 12.4 Å². The summed E-state index contributed by atoms with van der Waals surface area (Å²) >= 11 is 0. The van der Waals surface area contributed by atoms with E-state index in [9.17, 15) is 0 Å². The number of aliphatic imine (C=N–C) groups is 1. The van der Waals surface area contributed by atoms with Crippen LogP contribution in [0.15, 0.2) is 29.3 Å². The van der Waals surface area contributed by atoms with Crippen LogP contribution >= 0.6 is 0 Å². The Kier molecular flexibility index (Phi) is 2.84. The molecule has 1 rings (SSSR count). The van der Waals surface area contributed by atoms with E-state index in [1.807, 2.05) is 25.3 Å². The molecule has 1 aromatic carbocycles. The second-order valence-corrected chi connectivity index (χ2v) is 2.48. The van der Waals surface area contributed by atoms with Crippen LogP contribution in [0, 0.1) is 6.92 Å². The van der Waals surface area contributed by atoms with E-state index < -0.39 is 0 Å². The third kappa shape index (κ3) is 2.19. The predicted molar refractivity (Wildman–Crippen MR) is 49.3 cm³/mol. The molecule has 0 saturated carbocycles. The molecule has 58 valence electrons. The molecule has 1 aromatic rings. The van der Waals surface area contributed by atoms with Gasteiger partial charge in [-0.3, -0.25) is 4.99 Å². The van der Waals surface area contributed by atoms with Crippen molar-refractivity contribution in [2.75, 3.05) is 6.54 Å². The normalized spacial score (nSPS) is 10.7. The lowest BCUT2D eigenvalue weighted by Gasteiger charge is -1.96. The van der Waals surface area contributed by atoms with E-state index in [0.717, 1.165) is 6.54 Å². The Morgan fingerprint density at radius 2 is 2.09 bits per heavy atom. The fourth-order valence-electron chi connectivity index (χ4n) is 0.921. The molecule has 11 heavy (non-hydrogen) atoms. The smallest absolute Gasteiger partial charge is 0.0361 e. The van der Waals surface area contributed by atoms with E-state index in [0.29, 0.717) is 0 Å². The van der Waals surface area contributed by atoms with Crippen LogP contribution in [0.5, 0.6) is 0 Å². The van der Waals surface area contributed by atoms with Gasteiger partial charge in [-0.1, -0.05) is 24.3 Å². The summed E-state index contributed by atoms with van der Waals surface area (Å²) in [5, 5.41) is 0. The van der Waals surface area contributed by atoms with Crippen molar-refractivity contribution in [1.29, 1.82) is 0 Å². The van der Waals surface area contributed by atoms with Crippen LogP contribution in [-0.4, -0.2) is 12.8 Å². The van der Waals surface area contributed by atoms with Crippen LogP contribution in [0.1, 0.15) is 18.1 Å². The van der Waals surface area contributed by atoms with Gasteiger partial charge in [-0.15, -0.1) is 0 Å². The molecule has 0 N–H and O–H groups in total. The standard InChI is InChI=1S/C10H13N/c1-3-11-8-10-7-5-4-6-9(10)2/h4-8H,3H2,1-2H3/b11-8+. The van der Waals surface area contributed by atoms with Crippen molar-refractivity contribution < 1.29 is 0 Å². The van der Waals surface area contributed by atoms with E-state index in [4.69, 9.17) is 0 Å². The van der Waals surface area contributed by atoms with Gasteiger partial charge in [0.2, 0.25) is 0 Å². The third-order valence-electron chi connectivity index (χ3n) is 1.60. The molecule has 0 bridgehead atoms. The van der Waals surface area contributed by atoms with E-state index in [1.54, 1.807) is 0 Å². The van der Waals surface area contributed by atoms with E-state index >= 15 is 0 Å². The Morgan fingerprint density at radius 1 is 1.36 bits per heavy atom. The maximum atomic E-state index is 4.18.